The van der Waals surface area contributed by atoms with Gasteiger partial charge >= 0.3 is 5.97 Å². The average Bonchev–Trinajstić information content (AvgIpc) is 2.47. The second-order valence-corrected chi connectivity index (χ2v) is 3.99. The first-order chi connectivity index (χ1) is 10.2. The van der Waals surface area contributed by atoms with Gasteiger partial charge in [0.05, 0.1) is 13.2 Å². The smallest absolute Gasteiger partial charge is 0.328 e. The van der Waals surface area contributed by atoms with Crippen LogP contribution in [0.3, 0.4) is 0 Å². The minimum atomic E-state index is -1.04. The lowest BCUT2D eigenvalue weighted by molar-refractivity contribution is -0.490. The van der Waals surface area contributed by atoms with E-state index < -0.39 is 5.97 Å². The van der Waals surface area contributed by atoms with E-state index in [-0.39, 0.29) is 13.2 Å². The Kier molecular flexibility index (Phi) is 8.21. The molecule has 0 saturated carbocycles. The van der Waals surface area contributed by atoms with Gasteiger partial charge in [0.2, 0.25) is 0 Å². The van der Waals surface area contributed by atoms with Crippen molar-refractivity contribution in [2.24, 2.45) is 0 Å². The molecule has 1 aromatic carbocycles. The standard InChI is InChI=1S/C13H16O8/c14-13(15)4-2-10-1-3-11(5-7-18-20-16)12(9-10)6-8-19-21-17/h1-4,9,16-17H,5-8H2,(H,14,15)/b4-2+. The lowest BCUT2D eigenvalue weighted by Gasteiger charge is -2.10. The van der Waals surface area contributed by atoms with Crippen molar-refractivity contribution in [3.63, 3.8) is 0 Å². The van der Waals surface area contributed by atoms with Crippen LogP contribution in [0, 0.1) is 0 Å². The molecule has 1 aromatic rings. The summed E-state index contributed by atoms with van der Waals surface area (Å²) in [6.07, 6.45) is 3.41. The zero-order valence-electron chi connectivity index (χ0n) is 11.1. The van der Waals surface area contributed by atoms with E-state index in [1.165, 1.54) is 6.08 Å². The number of carboxylic acids is 1. The molecule has 0 atom stereocenters. The predicted octanol–water partition coefficient (Wildman–Crippen LogP) is 1.71. The summed E-state index contributed by atoms with van der Waals surface area (Å²) in [6.45, 7) is 0.262. The van der Waals surface area contributed by atoms with E-state index in [0.29, 0.717) is 18.4 Å². The molecular weight excluding hydrogens is 284 g/mol. The zero-order chi connectivity index (χ0) is 15.5. The molecule has 0 heterocycles. The van der Waals surface area contributed by atoms with Crippen LogP contribution in [0.5, 0.6) is 0 Å². The van der Waals surface area contributed by atoms with Crippen molar-refractivity contribution in [3.8, 4) is 0 Å². The number of hydrogen-bond acceptors (Lipinski definition) is 7. The molecule has 1 rings (SSSR count). The summed E-state index contributed by atoms with van der Waals surface area (Å²) >= 11 is 0. The van der Waals surface area contributed by atoms with E-state index in [9.17, 15) is 4.79 Å². The van der Waals surface area contributed by atoms with Crippen molar-refractivity contribution in [1.29, 1.82) is 0 Å². The van der Waals surface area contributed by atoms with Crippen molar-refractivity contribution in [1.82, 2.24) is 0 Å². The van der Waals surface area contributed by atoms with Gasteiger partial charge in [-0.2, -0.15) is 0 Å². The Morgan fingerprint density at radius 2 is 1.67 bits per heavy atom. The summed E-state index contributed by atoms with van der Waals surface area (Å²) in [4.78, 5) is 19.3. The fourth-order valence-corrected chi connectivity index (χ4v) is 1.77. The Hall–Kier alpha value is -1.81. The maximum Gasteiger partial charge on any atom is 0.328 e. The number of benzene rings is 1. The van der Waals surface area contributed by atoms with Gasteiger partial charge in [0.15, 0.2) is 0 Å². The summed E-state index contributed by atoms with van der Waals surface area (Å²) in [7, 11) is 0. The molecule has 0 amide bonds. The molecular formula is C13H16O8. The number of rotatable bonds is 10. The molecule has 8 nitrogen and oxygen atoms in total. The predicted molar refractivity (Wildman–Crippen MR) is 69.9 cm³/mol. The molecule has 8 heteroatoms. The van der Waals surface area contributed by atoms with Gasteiger partial charge in [0, 0.05) is 6.08 Å². The van der Waals surface area contributed by atoms with E-state index in [0.717, 1.165) is 17.2 Å². The van der Waals surface area contributed by atoms with Gasteiger partial charge in [-0.25, -0.2) is 25.1 Å². The van der Waals surface area contributed by atoms with Gasteiger partial charge < -0.3 is 5.11 Å². The van der Waals surface area contributed by atoms with E-state index >= 15 is 0 Å². The van der Waals surface area contributed by atoms with Crippen molar-refractivity contribution in [3.05, 3.63) is 41.0 Å². The molecule has 0 unspecified atom stereocenters. The van der Waals surface area contributed by atoms with Crippen LogP contribution in [0.15, 0.2) is 24.3 Å². The number of aliphatic carboxylic acids is 1. The minimum absolute atomic E-state index is 0.118. The first-order valence-corrected chi connectivity index (χ1v) is 6.06. The Morgan fingerprint density at radius 1 is 1.05 bits per heavy atom. The van der Waals surface area contributed by atoms with Crippen molar-refractivity contribution in [2.75, 3.05) is 13.2 Å². The normalized spacial score (nSPS) is 11.1. The highest BCUT2D eigenvalue weighted by Gasteiger charge is 2.05. The van der Waals surface area contributed by atoms with Crippen LogP contribution in [-0.4, -0.2) is 34.8 Å². The maximum absolute atomic E-state index is 10.5. The molecule has 0 saturated heterocycles. The van der Waals surface area contributed by atoms with Crippen LogP contribution in [0.1, 0.15) is 16.7 Å². The summed E-state index contributed by atoms with van der Waals surface area (Å²) in [5, 5.41) is 31.9. The second kappa shape index (κ2) is 10.00. The van der Waals surface area contributed by atoms with E-state index in [4.69, 9.17) is 15.6 Å². The average molecular weight is 300 g/mol. The molecule has 0 aliphatic heterocycles. The fraction of sp³-hybridized carbons (Fsp3) is 0.308. The van der Waals surface area contributed by atoms with Gasteiger partial charge in [-0.3, -0.25) is 0 Å². The van der Waals surface area contributed by atoms with Gasteiger partial charge in [0.25, 0.3) is 0 Å². The third kappa shape index (κ3) is 6.95. The van der Waals surface area contributed by atoms with Crippen LogP contribution in [0.2, 0.25) is 0 Å². The van der Waals surface area contributed by atoms with Crippen LogP contribution in [0.4, 0.5) is 0 Å². The largest absolute Gasteiger partial charge is 0.478 e. The Bertz CT molecular complexity index is 471. The van der Waals surface area contributed by atoms with Crippen LogP contribution >= 0.6 is 0 Å². The Morgan fingerprint density at radius 3 is 2.24 bits per heavy atom. The maximum atomic E-state index is 10.5. The van der Waals surface area contributed by atoms with Crippen LogP contribution in [-0.2, 0) is 37.5 Å². The van der Waals surface area contributed by atoms with Crippen molar-refractivity contribution in [2.45, 2.75) is 12.8 Å². The fourth-order valence-electron chi connectivity index (χ4n) is 1.77. The van der Waals surface area contributed by atoms with Crippen LogP contribution < -0.4 is 0 Å². The summed E-state index contributed by atoms with van der Waals surface area (Å²) < 4.78 is 0. The molecule has 0 bridgehead atoms. The second-order valence-electron chi connectivity index (χ2n) is 3.99. The SMILES string of the molecule is O=C(O)/C=C/c1ccc(CCOOO)c(CCOOO)c1. The highest BCUT2D eigenvalue weighted by molar-refractivity contribution is 5.85. The van der Waals surface area contributed by atoms with Gasteiger partial charge in [-0.15, -0.1) is 0 Å². The van der Waals surface area contributed by atoms with Gasteiger partial charge in [0.1, 0.15) is 0 Å². The number of hydrogen-bond donors (Lipinski definition) is 3. The first kappa shape index (κ1) is 17.2. The molecule has 21 heavy (non-hydrogen) atoms. The topological polar surface area (TPSA) is 115 Å². The van der Waals surface area contributed by atoms with Crippen molar-refractivity contribution >= 4 is 12.0 Å². The lowest BCUT2D eigenvalue weighted by atomic mass is 9.99. The van der Waals surface area contributed by atoms with Gasteiger partial charge in [-0.05, 0) is 35.6 Å². The quantitative estimate of drug-likeness (QED) is 0.259. The summed E-state index contributed by atoms with van der Waals surface area (Å²) in [6, 6.07) is 5.34. The molecule has 0 spiro atoms. The van der Waals surface area contributed by atoms with Gasteiger partial charge in [-0.1, -0.05) is 28.3 Å². The summed E-state index contributed by atoms with van der Waals surface area (Å²) in [5.74, 6) is -1.04. The number of carboxylic acid groups (broad SMARTS) is 1. The molecule has 0 fully saturated rings. The van der Waals surface area contributed by atoms with E-state index in [1.807, 2.05) is 0 Å². The third-order valence-electron chi connectivity index (χ3n) is 2.66. The monoisotopic (exact) mass is 300 g/mol. The number of carbonyl (C=O) groups is 1. The highest BCUT2D eigenvalue weighted by atomic mass is 17.5. The molecule has 0 aliphatic carbocycles. The van der Waals surface area contributed by atoms with E-state index in [1.54, 1.807) is 18.2 Å². The Labute approximate surface area is 120 Å². The highest BCUT2D eigenvalue weighted by Crippen LogP contribution is 2.15. The summed E-state index contributed by atoms with van der Waals surface area (Å²) in [5.41, 5.74) is 2.47. The third-order valence-corrected chi connectivity index (χ3v) is 2.66. The molecule has 116 valence electrons. The Balaban J connectivity index is 2.82. The van der Waals surface area contributed by atoms with E-state index in [2.05, 4.69) is 19.9 Å². The van der Waals surface area contributed by atoms with Crippen LogP contribution in [0.25, 0.3) is 6.08 Å². The molecule has 3 N–H and O–H groups in total. The molecule has 0 aliphatic rings. The lowest BCUT2D eigenvalue weighted by Crippen LogP contribution is -2.05. The molecule has 0 aromatic heterocycles. The molecule has 0 radical (unpaired) electrons. The van der Waals surface area contributed by atoms with Crippen molar-refractivity contribution < 1.29 is 40.3 Å². The first-order valence-electron chi connectivity index (χ1n) is 6.06. The minimum Gasteiger partial charge on any atom is -0.478 e. The zero-order valence-corrected chi connectivity index (χ0v) is 11.1.